The van der Waals surface area contributed by atoms with Gasteiger partial charge in [0.1, 0.15) is 5.76 Å². The predicted molar refractivity (Wildman–Crippen MR) is 83.6 cm³/mol. The van der Waals surface area contributed by atoms with E-state index in [1.54, 1.807) is 0 Å². The van der Waals surface area contributed by atoms with Gasteiger partial charge in [-0.1, -0.05) is 0 Å². The van der Waals surface area contributed by atoms with Gasteiger partial charge in [-0.05, 0) is 59.4 Å². The van der Waals surface area contributed by atoms with Gasteiger partial charge in [0.25, 0.3) is 0 Å². The number of nitrogens with zero attached hydrogens (tertiary/aromatic N) is 1. The van der Waals surface area contributed by atoms with Crippen LogP contribution in [0.15, 0.2) is 16.7 Å². The van der Waals surface area contributed by atoms with E-state index in [0.717, 1.165) is 24.8 Å². The molecule has 0 bridgehead atoms. The van der Waals surface area contributed by atoms with Crippen molar-refractivity contribution < 1.29 is 4.42 Å². The Bertz CT molecular complexity index is 413. The smallest absolute Gasteiger partial charge is 0.122 e. The fourth-order valence-electron chi connectivity index (χ4n) is 2.30. The van der Waals surface area contributed by atoms with Crippen LogP contribution in [0.25, 0.3) is 0 Å². The molecule has 0 atom stereocenters. The Morgan fingerprint density at radius 1 is 1.35 bits per heavy atom. The van der Waals surface area contributed by atoms with Crippen molar-refractivity contribution in [1.82, 2.24) is 10.2 Å². The lowest BCUT2D eigenvalue weighted by Crippen LogP contribution is -2.36. The van der Waals surface area contributed by atoms with Crippen LogP contribution in [-0.4, -0.2) is 23.0 Å². The first kappa shape index (κ1) is 15.6. The van der Waals surface area contributed by atoms with E-state index in [2.05, 4.69) is 50.9 Å². The Labute approximate surface area is 123 Å². The van der Waals surface area contributed by atoms with Crippen LogP contribution in [0.2, 0.25) is 0 Å². The SMILES string of the molecule is CC(C)N(Cc1occc1CNC(C)(C)C)CC1CC1. The molecule has 2 rings (SSSR count). The maximum absolute atomic E-state index is 5.73. The monoisotopic (exact) mass is 278 g/mol. The van der Waals surface area contributed by atoms with Gasteiger partial charge >= 0.3 is 0 Å². The van der Waals surface area contributed by atoms with E-state index < -0.39 is 0 Å². The summed E-state index contributed by atoms with van der Waals surface area (Å²) < 4.78 is 5.73. The van der Waals surface area contributed by atoms with Gasteiger partial charge in [0.05, 0.1) is 12.8 Å². The van der Waals surface area contributed by atoms with Gasteiger partial charge in [-0.3, -0.25) is 4.90 Å². The normalized spacial score (nSPS) is 16.4. The summed E-state index contributed by atoms with van der Waals surface area (Å²) in [4.78, 5) is 2.54. The molecular formula is C17H30N2O. The van der Waals surface area contributed by atoms with Crippen molar-refractivity contribution in [2.75, 3.05) is 6.54 Å². The Kier molecular flexibility index (Phi) is 4.92. The molecule has 1 fully saturated rings. The largest absolute Gasteiger partial charge is 0.468 e. The Morgan fingerprint density at radius 3 is 2.60 bits per heavy atom. The number of hydrogen-bond acceptors (Lipinski definition) is 3. The second-order valence-corrected chi connectivity index (χ2v) is 7.44. The predicted octanol–water partition coefficient (Wildman–Crippen LogP) is 3.79. The Morgan fingerprint density at radius 2 is 2.05 bits per heavy atom. The molecule has 1 N–H and O–H groups in total. The van der Waals surface area contributed by atoms with Gasteiger partial charge < -0.3 is 9.73 Å². The van der Waals surface area contributed by atoms with Crippen molar-refractivity contribution in [3.63, 3.8) is 0 Å². The highest BCUT2D eigenvalue weighted by molar-refractivity contribution is 5.17. The van der Waals surface area contributed by atoms with Crippen LogP contribution >= 0.6 is 0 Å². The molecule has 1 aromatic rings. The van der Waals surface area contributed by atoms with Crippen molar-refractivity contribution in [3.05, 3.63) is 23.7 Å². The number of rotatable bonds is 7. The van der Waals surface area contributed by atoms with Crippen molar-refractivity contribution in [2.45, 2.75) is 72.1 Å². The first-order valence-electron chi connectivity index (χ1n) is 7.89. The van der Waals surface area contributed by atoms with Gasteiger partial charge in [-0.25, -0.2) is 0 Å². The number of nitrogens with one attached hydrogen (secondary N) is 1. The molecule has 114 valence electrons. The average molecular weight is 278 g/mol. The van der Waals surface area contributed by atoms with Crippen molar-refractivity contribution >= 4 is 0 Å². The summed E-state index contributed by atoms with van der Waals surface area (Å²) in [6.45, 7) is 14.2. The van der Waals surface area contributed by atoms with Gasteiger partial charge in [0, 0.05) is 30.2 Å². The quantitative estimate of drug-likeness (QED) is 0.822. The van der Waals surface area contributed by atoms with Crippen LogP contribution in [0.3, 0.4) is 0 Å². The van der Waals surface area contributed by atoms with E-state index in [9.17, 15) is 0 Å². The highest BCUT2D eigenvalue weighted by Crippen LogP contribution is 2.31. The van der Waals surface area contributed by atoms with Gasteiger partial charge in [0.15, 0.2) is 0 Å². The lowest BCUT2D eigenvalue weighted by atomic mass is 10.1. The summed E-state index contributed by atoms with van der Waals surface area (Å²) in [6, 6.07) is 2.67. The van der Waals surface area contributed by atoms with Crippen LogP contribution in [0, 0.1) is 5.92 Å². The molecular weight excluding hydrogens is 248 g/mol. The van der Waals surface area contributed by atoms with E-state index in [1.165, 1.54) is 24.9 Å². The Balaban J connectivity index is 1.95. The van der Waals surface area contributed by atoms with Crippen LogP contribution < -0.4 is 5.32 Å². The molecule has 0 amide bonds. The summed E-state index contributed by atoms with van der Waals surface area (Å²) in [6.07, 6.45) is 4.63. The molecule has 0 unspecified atom stereocenters. The lowest BCUT2D eigenvalue weighted by Gasteiger charge is -2.26. The third-order valence-electron chi connectivity index (χ3n) is 3.91. The molecule has 20 heavy (non-hydrogen) atoms. The fourth-order valence-corrected chi connectivity index (χ4v) is 2.30. The molecule has 3 nitrogen and oxygen atoms in total. The first-order valence-corrected chi connectivity index (χ1v) is 7.89. The van der Waals surface area contributed by atoms with E-state index >= 15 is 0 Å². The van der Waals surface area contributed by atoms with E-state index in [4.69, 9.17) is 4.42 Å². The van der Waals surface area contributed by atoms with Crippen LogP contribution in [0.1, 0.15) is 58.8 Å². The zero-order chi connectivity index (χ0) is 14.8. The minimum atomic E-state index is 0.139. The second kappa shape index (κ2) is 6.31. The summed E-state index contributed by atoms with van der Waals surface area (Å²) in [5, 5.41) is 3.54. The lowest BCUT2D eigenvalue weighted by molar-refractivity contribution is 0.187. The molecule has 1 saturated carbocycles. The minimum Gasteiger partial charge on any atom is -0.468 e. The Hall–Kier alpha value is -0.800. The van der Waals surface area contributed by atoms with E-state index in [0.29, 0.717) is 6.04 Å². The van der Waals surface area contributed by atoms with Gasteiger partial charge in [0.2, 0.25) is 0 Å². The highest BCUT2D eigenvalue weighted by atomic mass is 16.3. The summed E-state index contributed by atoms with van der Waals surface area (Å²) in [5.74, 6) is 2.04. The number of furan rings is 1. The molecule has 1 aliphatic carbocycles. The molecule has 1 heterocycles. The third kappa shape index (κ3) is 4.95. The molecule has 1 aromatic heterocycles. The average Bonchev–Trinajstić information content (AvgIpc) is 3.03. The van der Waals surface area contributed by atoms with Crippen molar-refractivity contribution in [1.29, 1.82) is 0 Å². The first-order chi connectivity index (χ1) is 9.35. The van der Waals surface area contributed by atoms with Gasteiger partial charge in [-0.2, -0.15) is 0 Å². The van der Waals surface area contributed by atoms with Crippen molar-refractivity contribution in [2.24, 2.45) is 5.92 Å². The maximum atomic E-state index is 5.73. The zero-order valence-electron chi connectivity index (χ0n) is 13.7. The third-order valence-corrected chi connectivity index (χ3v) is 3.91. The number of hydrogen-bond donors (Lipinski definition) is 1. The summed E-state index contributed by atoms with van der Waals surface area (Å²) in [7, 11) is 0. The van der Waals surface area contributed by atoms with Gasteiger partial charge in [-0.15, -0.1) is 0 Å². The molecule has 3 heteroatoms. The fraction of sp³-hybridized carbons (Fsp3) is 0.765. The molecule has 0 aromatic carbocycles. The standard InChI is InChI=1S/C17H30N2O/c1-13(2)19(11-14-6-7-14)12-16-15(8-9-20-16)10-18-17(3,4)5/h8-9,13-14,18H,6-7,10-12H2,1-5H3. The van der Waals surface area contributed by atoms with Crippen molar-refractivity contribution in [3.8, 4) is 0 Å². The summed E-state index contributed by atoms with van der Waals surface area (Å²) in [5.41, 5.74) is 1.43. The molecule has 1 aliphatic rings. The zero-order valence-corrected chi connectivity index (χ0v) is 13.7. The van der Waals surface area contributed by atoms with Crippen LogP contribution in [0.4, 0.5) is 0 Å². The topological polar surface area (TPSA) is 28.4 Å². The molecule has 0 saturated heterocycles. The minimum absolute atomic E-state index is 0.139. The maximum Gasteiger partial charge on any atom is 0.122 e. The molecule has 0 spiro atoms. The highest BCUT2D eigenvalue weighted by Gasteiger charge is 2.26. The second-order valence-electron chi connectivity index (χ2n) is 7.44. The van der Waals surface area contributed by atoms with E-state index in [-0.39, 0.29) is 5.54 Å². The summed E-state index contributed by atoms with van der Waals surface area (Å²) >= 11 is 0. The van der Waals surface area contributed by atoms with Crippen LogP contribution in [0.5, 0.6) is 0 Å². The van der Waals surface area contributed by atoms with Crippen LogP contribution in [-0.2, 0) is 13.1 Å². The molecule has 0 aliphatic heterocycles. The van der Waals surface area contributed by atoms with E-state index in [1.807, 2.05) is 6.26 Å². The molecule has 0 radical (unpaired) electrons.